The van der Waals surface area contributed by atoms with E-state index >= 15 is 0 Å². The molecule has 0 aliphatic carbocycles. The molecule has 1 amide bonds. The lowest BCUT2D eigenvalue weighted by Gasteiger charge is -2.26. The topological polar surface area (TPSA) is 84.1 Å². The highest BCUT2D eigenvalue weighted by molar-refractivity contribution is 5.95. The molecular weight excluding hydrogens is 246 g/mol. The van der Waals surface area contributed by atoms with Crippen LogP contribution in [0.5, 0.6) is 0 Å². The van der Waals surface area contributed by atoms with E-state index in [2.05, 4.69) is 15.3 Å². The third kappa shape index (κ3) is 4.73. The molecule has 1 atom stereocenters. The van der Waals surface area contributed by atoms with Gasteiger partial charge in [0.15, 0.2) is 0 Å². The lowest BCUT2D eigenvalue weighted by Crippen LogP contribution is -2.47. The number of imidazole rings is 1. The molecule has 0 unspecified atom stereocenters. The Kier molecular flexibility index (Phi) is 4.69. The molecule has 0 saturated heterocycles. The Hall–Kier alpha value is -1.85. The van der Waals surface area contributed by atoms with Crippen LogP contribution >= 0.6 is 0 Å². The van der Waals surface area contributed by atoms with Crippen LogP contribution in [0.2, 0.25) is 0 Å². The SMILES string of the molecule is CC(C)[C@@H](NC(=O)c1cnc[nH]1)C(=O)OC(C)(C)C. The van der Waals surface area contributed by atoms with Gasteiger partial charge in [-0.15, -0.1) is 0 Å². The van der Waals surface area contributed by atoms with Gasteiger partial charge in [0.1, 0.15) is 17.3 Å². The average molecular weight is 267 g/mol. The van der Waals surface area contributed by atoms with E-state index in [1.807, 2.05) is 13.8 Å². The van der Waals surface area contributed by atoms with E-state index in [4.69, 9.17) is 4.74 Å². The molecule has 0 fully saturated rings. The highest BCUT2D eigenvalue weighted by Gasteiger charge is 2.29. The van der Waals surface area contributed by atoms with Crippen LogP contribution in [0.1, 0.15) is 45.1 Å². The Balaban J connectivity index is 2.73. The number of ether oxygens (including phenoxy) is 1. The predicted octanol–water partition coefficient (Wildman–Crippen LogP) is 1.51. The van der Waals surface area contributed by atoms with Crippen LogP contribution in [-0.2, 0) is 9.53 Å². The van der Waals surface area contributed by atoms with E-state index in [0.29, 0.717) is 5.69 Å². The first kappa shape index (κ1) is 15.2. The summed E-state index contributed by atoms with van der Waals surface area (Å²) in [7, 11) is 0. The number of carbonyl (C=O) groups is 2. The van der Waals surface area contributed by atoms with Crippen LogP contribution in [0, 0.1) is 5.92 Å². The molecule has 1 aromatic heterocycles. The molecule has 0 aliphatic rings. The average Bonchev–Trinajstić information content (AvgIpc) is 2.75. The van der Waals surface area contributed by atoms with Gasteiger partial charge in [-0.2, -0.15) is 0 Å². The zero-order chi connectivity index (χ0) is 14.6. The molecule has 0 aliphatic heterocycles. The highest BCUT2D eigenvalue weighted by atomic mass is 16.6. The van der Waals surface area contributed by atoms with Crippen LogP contribution in [0.4, 0.5) is 0 Å². The van der Waals surface area contributed by atoms with Crippen molar-refractivity contribution in [3.05, 3.63) is 18.2 Å². The van der Waals surface area contributed by atoms with Crippen molar-refractivity contribution < 1.29 is 14.3 Å². The van der Waals surface area contributed by atoms with Gasteiger partial charge >= 0.3 is 5.97 Å². The third-order valence-corrected chi connectivity index (χ3v) is 2.36. The van der Waals surface area contributed by atoms with Crippen molar-refractivity contribution in [1.29, 1.82) is 0 Å². The number of amides is 1. The number of nitrogens with one attached hydrogen (secondary N) is 2. The molecule has 2 N–H and O–H groups in total. The lowest BCUT2D eigenvalue weighted by molar-refractivity contribution is -0.158. The smallest absolute Gasteiger partial charge is 0.329 e. The number of nitrogens with zero attached hydrogens (tertiary/aromatic N) is 1. The minimum Gasteiger partial charge on any atom is -0.458 e. The van der Waals surface area contributed by atoms with Crippen molar-refractivity contribution in [2.45, 2.75) is 46.3 Å². The van der Waals surface area contributed by atoms with Gasteiger partial charge in [0.25, 0.3) is 5.91 Å². The number of aromatic amines is 1. The summed E-state index contributed by atoms with van der Waals surface area (Å²) < 4.78 is 5.30. The van der Waals surface area contributed by atoms with Gasteiger partial charge in [-0.3, -0.25) is 4.79 Å². The van der Waals surface area contributed by atoms with E-state index in [0.717, 1.165) is 0 Å². The largest absolute Gasteiger partial charge is 0.458 e. The first-order chi connectivity index (χ1) is 8.70. The van der Waals surface area contributed by atoms with E-state index in [1.165, 1.54) is 12.5 Å². The predicted molar refractivity (Wildman–Crippen MR) is 70.5 cm³/mol. The summed E-state index contributed by atoms with van der Waals surface area (Å²) in [6, 6.07) is -0.685. The molecule has 0 bridgehead atoms. The molecule has 0 spiro atoms. The maximum atomic E-state index is 12.0. The molecule has 0 radical (unpaired) electrons. The van der Waals surface area contributed by atoms with Gasteiger partial charge in [0.2, 0.25) is 0 Å². The van der Waals surface area contributed by atoms with Crippen LogP contribution < -0.4 is 5.32 Å². The summed E-state index contributed by atoms with van der Waals surface area (Å²) >= 11 is 0. The molecule has 1 rings (SSSR count). The second-order valence-electron chi connectivity index (χ2n) is 5.69. The van der Waals surface area contributed by atoms with Crippen LogP contribution in [0.25, 0.3) is 0 Å². The Labute approximate surface area is 112 Å². The van der Waals surface area contributed by atoms with Crippen LogP contribution in [-0.4, -0.2) is 33.5 Å². The molecule has 1 aromatic rings. The second-order valence-corrected chi connectivity index (χ2v) is 5.69. The normalized spacial score (nSPS) is 13.2. The number of hydrogen-bond acceptors (Lipinski definition) is 4. The molecular formula is C13H21N3O3. The number of aromatic nitrogens is 2. The van der Waals surface area contributed by atoms with E-state index in [-0.39, 0.29) is 11.8 Å². The monoisotopic (exact) mass is 267 g/mol. The standard InChI is InChI=1S/C13H21N3O3/c1-8(2)10(12(18)19-13(3,4)5)16-11(17)9-6-14-7-15-9/h6-8,10H,1-5H3,(H,14,15)(H,16,17)/t10-/m1/s1. The summed E-state index contributed by atoms with van der Waals surface area (Å²) in [6.45, 7) is 9.07. The summed E-state index contributed by atoms with van der Waals surface area (Å²) in [5.41, 5.74) is -0.266. The lowest BCUT2D eigenvalue weighted by atomic mass is 10.0. The summed E-state index contributed by atoms with van der Waals surface area (Å²) in [5.74, 6) is -0.876. The van der Waals surface area contributed by atoms with Gasteiger partial charge in [0, 0.05) is 0 Å². The van der Waals surface area contributed by atoms with Crippen LogP contribution in [0.15, 0.2) is 12.5 Å². The maximum Gasteiger partial charge on any atom is 0.329 e. The van der Waals surface area contributed by atoms with Crippen molar-refractivity contribution >= 4 is 11.9 Å². The molecule has 1 heterocycles. The number of rotatable bonds is 4. The molecule has 6 heteroatoms. The van der Waals surface area contributed by atoms with Gasteiger partial charge in [-0.1, -0.05) is 13.8 Å². The third-order valence-electron chi connectivity index (χ3n) is 2.36. The zero-order valence-electron chi connectivity index (χ0n) is 12.0. The number of esters is 1. The van der Waals surface area contributed by atoms with Gasteiger partial charge in [-0.25, -0.2) is 9.78 Å². The fraction of sp³-hybridized carbons (Fsp3) is 0.615. The van der Waals surface area contributed by atoms with E-state index < -0.39 is 17.6 Å². The number of H-pyrrole nitrogens is 1. The minimum atomic E-state index is -0.685. The van der Waals surface area contributed by atoms with Crippen LogP contribution in [0.3, 0.4) is 0 Å². The summed E-state index contributed by atoms with van der Waals surface area (Å²) in [6.07, 6.45) is 2.81. The molecule has 106 valence electrons. The first-order valence-electron chi connectivity index (χ1n) is 6.23. The first-order valence-corrected chi connectivity index (χ1v) is 6.23. The van der Waals surface area contributed by atoms with E-state index in [1.54, 1.807) is 20.8 Å². The van der Waals surface area contributed by atoms with Gasteiger partial charge in [-0.05, 0) is 26.7 Å². The second kappa shape index (κ2) is 5.86. The molecule has 0 saturated carbocycles. The van der Waals surface area contributed by atoms with Crippen molar-refractivity contribution in [3.8, 4) is 0 Å². The fourth-order valence-corrected chi connectivity index (χ4v) is 1.46. The zero-order valence-corrected chi connectivity index (χ0v) is 12.0. The Morgan fingerprint density at radius 3 is 2.42 bits per heavy atom. The van der Waals surface area contributed by atoms with E-state index in [9.17, 15) is 9.59 Å². The molecule has 6 nitrogen and oxygen atoms in total. The molecule has 19 heavy (non-hydrogen) atoms. The number of hydrogen-bond donors (Lipinski definition) is 2. The highest BCUT2D eigenvalue weighted by Crippen LogP contribution is 2.12. The van der Waals surface area contributed by atoms with Crippen molar-refractivity contribution in [3.63, 3.8) is 0 Å². The van der Waals surface area contributed by atoms with Crippen molar-refractivity contribution in [2.24, 2.45) is 5.92 Å². The Morgan fingerprint density at radius 2 is 2.00 bits per heavy atom. The van der Waals surface area contributed by atoms with Crippen molar-refractivity contribution in [1.82, 2.24) is 15.3 Å². The minimum absolute atomic E-state index is 0.0679. The number of carbonyl (C=O) groups excluding carboxylic acids is 2. The van der Waals surface area contributed by atoms with Crippen molar-refractivity contribution in [2.75, 3.05) is 0 Å². The maximum absolute atomic E-state index is 12.0. The summed E-state index contributed by atoms with van der Waals surface area (Å²) in [4.78, 5) is 30.4. The fourth-order valence-electron chi connectivity index (χ4n) is 1.46. The Morgan fingerprint density at radius 1 is 1.37 bits per heavy atom. The Bertz CT molecular complexity index is 432. The molecule has 0 aromatic carbocycles. The quantitative estimate of drug-likeness (QED) is 0.810. The van der Waals surface area contributed by atoms with Gasteiger partial charge in [0.05, 0.1) is 12.5 Å². The summed E-state index contributed by atoms with van der Waals surface area (Å²) in [5, 5.41) is 2.66. The van der Waals surface area contributed by atoms with Gasteiger partial charge < -0.3 is 15.0 Å².